The van der Waals surface area contributed by atoms with E-state index in [9.17, 15) is 22.4 Å². The molecule has 2 heterocycles. The van der Waals surface area contributed by atoms with Gasteiger partial charge in [0.1, 0.15) is 16.2 Å². The molecule has 12 heteroatoms. The third kappa shape index (κ3) is 4.61. The van der Waals surface area contributed by atoms with E-state index in [0.717, 1.165) is 16.4 Å². The van der Waals surface area contributed by atoms with Gasteiger partial charge in [-0.1, -0.05) is 6.92 Å². The molecule has 10 nitrogen and oxygen atoms in total. The number of ether oxygens (including phenoxy) is 2. The van der Waals surface area contributed by atoms with Gasteiger partial charge in [0.05, 0.1) is 17.5 Å². The first-order valence-corrected chi connectivity index (χ1v) is 11.3. The summed E-state index contributed by atoms with van der Waals surface area (Å²) in [5.74, 6) is -1.04. The summed E-state index contributed by atoms with van der Waals surface area (Å²) in [7, 11) is 0.781. The zero-order valence-corrected chi connectivity index (χ0v) is 19.0. The Morgan fingerprint density at radius 1 is 1.19 bits per heavy atom. The fourth-order valence-corrected chi connectivity index (χ4v) is 4.34. The number of hydrogen-bond acceptors (Lipinski definition) is 7. The van der Waals surface area contributed by atoms with Crippen molar-refractivity contribution in [3.63, 3.8) is 0 Å². The van der Waals surface area contributed by atoms with Crippen molar-refractivity contribution in [3.8, 4) is 5.75 Å². The highest BCUT2D eigenvalue weighted by molar-refractivity contribution is 7.89. The van der Waals surface area contributed by atoms with E-state index < -0.39 is 32.5 Å². The molecular weight excluding hydrogens is 443 g/mol. The number of hydrogen-bond donors (Lipinski definition) is 2. The highest BCUT2D eigenvalue weighted by Crippen LogP contribution is 2.33. The Balaban J connectivity index is 2.16. The minimum atomic E-state index is -4.17. The molecule has 0 bridgehead atoms. The van der Waals surface area contributed by atoms with Gasteiger partial charge in [0, 0.05) is 31.7 Å². The second kappa shape index (κ2) is 9.27. The van der Waals surface area contributed by atoms with Crippen LogP contribution in [0.5, 0.6) is 5.75 Å². The molecule has 0 unspecified atom stereocenters. The van der Waals surface area contributed by atoms with Crippen LogP contribution in [0.15, 0.2) is 28.0 Å². The van der Waals surface area contributed by atoms with E-state index in [2.05, 4.69) is 9.97 Å². The van der Waals surface area contributed by atoms with Crippen molar-refractivity contribution in [2.24, 2.45) is 0 Å². The van der Waals surface area contributed by atoms with E-state index in [1.165, 1.54) is 13.2 Å². The van der Waals surface area contributed by atoms with E-state index in [1.54, 1.807) is 19.0 Å². The lowest BCUT2D eigenvalue weighted by molar-refractivity contribution is 0.0997. The molecular formula is C20H25FN4O6S. The average Bonchev–Trinajstić information content (AvgIpc) is 3.14. The van der Waals surface area contributed by atoms with E-state index in [1.807, 2.05) is 6.92 Å². The number of sulfonamides is 1. The lowest BCUT2D eigenvalue weighted by Crippen LogP contribution is -2.34. The Bertz CT molecular complexity index is 1320. The minimum absolute atomic E-state index is 0.0341. The Morgan fingerprint density at radius 3 is 2.56 bits per heavy atom. The van der Waals surface area contributed by atoms with Gasteiger partial charge in [0.2, 0.25) is 10.0 Å². The number of aromatic amines is 2. The number of rotatable bonds is 8. The highest BCUT2D eigenvalue weighted by atomic mass is 32.2. The smallest absolute Gasteiger partial charge is 0.434 e. The zero-order valence-electron chi connectivity index (χ0n) is 18.2. The lowest BCUT2D eigenvalue weighted by atomic mass is 10.1. The summed E-state index contributed by atoms with van der Waals surface area (Å²) in [5, 5.41) is 0.338. The number of aromatic nitrogens is 2. The van der Waals surface area contributed by atoms with Crippen molar-refractivity contribution in [2.75, 3.05) is 40.8 Å². The number of carbonyl (C=O) groups excluding carboxylic acids is 1. The normalized spacial score (nSPS) is 12.2. The fraction of sp³-hybridized carbons (Fsp3) is 0.400. The number of likely N-dealkylation sites (N-methyl/N-ethyl adjacent to an activating group) is 2. The molecule has 0 amide bonds. The molecule has 0 fully saturated rings. The predicted octanol–water partition coefficient (Wildman–Crippen LogP) is 2.26. The predicted molar refractivity (Wildman–Crippen MR) is 117 cm³/mol. The SMILES string of the molecule is CCCOC(=O)Oc1c[nH]c2c(=O)[nH]c3cc(F)c(S(=O)(=O)N(C)CCN(C)C)cc3c12. The van der Waals surface area contributed by atoms with Crippen molar-refractivity contribution in [1.82, 2.24) is 19.2 Å². The Hall–Kier alpha value is -2.96. The maximum absolute atomic E-state index is 14.8. The van der Waals surface area contributed by atoms with Crippen LogP contribution in [0, 0.1) is 5.82 Å². The van der Waals surface area contributed by atoms with E-state index in [0.29, 0.717) is 13.0 Å². The molecule has 0 radical (unpaired) electrons. The van der Waals surface area contributed by atoms with Crippen LogP contribution in [0.1, 0.15) is 13.3 Å². The summed E-state index contributed by atoms with van der Waals surface area (Å²) in [6, 6.07) is 2.07. The summed E-state index contributed by atoms with van der Waals surface area (Å²) in [4.78, 5) is 30.8. The Kier molecular flexibility index (Phi) is 6.86. The number of carbonyl (C=O) groups is 1. The van der Waals surface area contributed by atoms with Gasteiger partial charge in [0.15, 0.2) is 5.75 Å². The van der Waals surface area contributed by atoms with Crippen LogP contribution in [0.2, 0.25) is 0 Å². The van der Waals surface area contributed by atoms with E-state index >= 15 is 0 Å². The molecule has 1 aromatic carbocycles. The van der Waals surface area contributed by atoms with Gasteiger partial charge < -0.3 is 24.3 Å². The molecule has 0 aliphatic carbocycles. The van der Waals surface area contributed by atoms with Gasteiger partial charge in [-0.25, -0.2) is 17.6 Å². The molecule has 3 rings (SSSR count). The first-order valence-electron chi connectivity index (χ1n) is 9.88. The minimum Gasteiger partial charge on any atom is -0.434 e. The highest BCUT2D eigenvalue weighted by Gasteiger charge is 2.27. The van der Waals surface area contributed by atoms with Crippen LogP contribution in [-0.4, -0.2) is 74.6 Å². The van der Waals surface area contributed by atoms with Crippen LogP contribution in [0.4, 0.5) is 9.18 Å². The van der Waals surface area contributed by atoms with E-state index in [-0.39, 0.29) is 40.7 Å². The molecule has 0 saturated carbocycles. The van der Waals surface area contributed by atoms with Gasteiger partial charge in [-0.2, -0.15) is 4.31 Å². The molecule has 0 atom stereocenters. The van der Waals surface area contributed by atoms with Gasteiger partial charge in [-0.05, 0) is 32.6 Å². The number of H-pyrrole nitrogens is 2. The zero-order chi connectivity index (χ0) is 23.6. The monoisotopic (exact) mass is 468 g/mol. The number of halogens is 1. The standard InChI is InChI=1S/C20H25FN4O6S/c1-5-8-30-20(27)31-15-11-22-18-17(15)12-9-16(13(21)10-14(12)23-19(18)26)32(28,29)25(4)7-6-24(2)3/h9-11,22H,5-8H2,1-4H3,(H,23,26). The molecule has 174 valence electrons. The number of nitrogens with zero attached hydrogens (tertiary/aromatic N) is 2. The largest absolute Gasteiger partial charge is 0.513 e. The molecule has 2 N–H and O–H groups in total. The van der Waals surface area contributed by atoms with Crippen LogP contribution in [0.3, 0.4) is 0 Å². The van der Waals surface area contributed by atoms with Crippen molar-refractivity contribution >= 4 is 38.0 Å². The third-order valence-electron chi connectivity index (χ3n) is 4.83. The number of benzene rings is 1. The second-order valence-electron chi connectivity index (χ2n) is 7.52. The Morgan fingerprint density at radius 2 is 1.91 bits per heavy atom. The maximum atomic E-state index is 14.8. The number of pyridine rings is 1. The molecule has 0 spiro atoms. The van der Waals surface area contributed by atoms with Crippen LogP contribution >= 0.6 is 0 Å². The quantitative estimate of drug-likeness (QED) is 0.486. The topological polar surface area (TPSA) is 125 Å². The van der Waals surface area contributed by atoms with Gasteiger partial charge in [0.25, 0.3) is 5.56 Å². The maximum Gasteiger partial charge on any atom is 0.513 e. The van der Waals surface area contributed by atoms with E-state index in [4.69, 9.17) is 9.47 Å². The van der Waals surface area contributed by atoms with Crippen molar-refractivity contribution in [1.29, 1.82) is 0 Å². The number of nitrogens with one attached hydrogen (secondary N) is 2. The van der Waals surface area contributed by atoms with Crippen molar-refractivity contribution in [2.45, 2.75) is 18.2 Å². The second-order valence-corrected chi connectivity index (χ2v) is 9.53. The first kappa shape index (κ1) is 23.7. The summed E-state index contributed by atoms with van der Waals surface area (Å²) in [5.41, 5.74) is -0.477. The third-order valence-corrected chi connectivity index (χ3v) is 6.70. The lowest BCUT2D eigenvalue weighted by Gasteiger charge is -2.20. The molecule has 0 saturated heterocycles. The molecule has 32 heavy (non-hydrogen) atoms. The molecule has 2 aromatic heterocycles. The van der Waals surface area contributed by atoms with Gasteiger partial charge >= 0.3 is 6.16 Å². The van der Waals surface area contributed by atoms with Crippen molar-refractivity contribution in [3.05, 3.63) is 34.5 Å². The molecule has 0 aliphatic rings. The summed E-state index contributed by atoms with van der Waals surface area (Å²) in [6.07, 6.45) is 0.903. The summed E-state index contributed by atoms with van der Waals surface area (Å²) in [6.45, 7) is 2.56. The van der Waals surface area contributed by atoms with Crippen LogP contribution in [-0.2, 0) is 14.8 Å². The number of fused-ring (bicyclic) bond motifs is 3. The Labute approximate surface area is 184 Å². The summed E-state index contributed by atoms with van der Waals surface area (Å²) >= 11 is 0. The van der Waals surface area contributed by atoms with Gasteiger partial charge in [-0.3, -0.25) is 4.79 Å². The van der Waals surface area contributed by atoms with Crippen LogP contribution < -0.4 is 10.3 Å². The molecule has 3 aromatic rings. The van der Waals surface area contributed by atoms with Crippen LogP contribution in [0.25, 0.3) is 21.8 Å². The average molecular weight is 469 g/mol. The van der Waals surface area contributed by atoms with Crippen molar-refractivity contribution < 1.29 is 27.1 Å². The van der Waals surface area contributed by atoms with Gasteiger partial charge in [-0.15, -0.1) is 0 Å². The fourth-order valence-electron chi connectivity index (χ4n) is 3.11. The summed E-state index contributed by atoms with van der Waals surface area (Å²) < 4.78 is 52.0. The molecule has 0 aliphatic heterocycles. The first-order chi connectivity index (χ1) is 15.1.